The summed E-state index contributed by atoms with van der Waals surface area (Å²) in [6.07, 6.45) is 12.5. The summed E-state index contributed by atoms with van der Waals surface area (Å²) in [6, 6.07) is 4.16. The van der Waals surface area contributed by atoms with Gasteiger partial charge in [0.25, 0.3) is 0 Å². The molecule has 1 unspecified atom stereocenters. The van der Waals surface area contributed by atoms with Crippen molar-refractivity contribution in [2.75, 3.05) is 13.1 Å². The topological polar surface area (TPSA) is 24.9 Å². The Morgan fingerprint density at radius 1 is 1.05 bits per heavy atom. The van der Waals surface area contributed by atoms with Crippen LogP contribution in [0.25, 0.3) is 0 Å². The van der Waals surface area contributed by atoms with Gasteiger partial charge in [-0.25, -0.2) is 0 Å². The first-order valence-electron chi connectivity index (χ1n) is 7.54. The average Bonchev–Trinajstić information content (AvgIpc) is 3.34. The number of nitrogens with one attached hydrogen (secondary N) is 1. The lowest BCUT2D eigenvalue weighted by atomic mass is 9.95. The van der Waals surface area contributed by atoms with Gasteiger partial charge in [-0.05, 0) is 81.0 Å². The molecule has 1 atom stereocenters. The Labute approximate surface area is 122 Å². The van der Waals surface area contributed by atoms with Gasteiger partial charge in [0.1, 0.15) is 0 Å². The van der Waals surface area contributed by atoms with Crippen LogP contribution in [0.2, 0.25) is 0 Å². The van der Waals surface area contributed by atoms with Gasteiger partial charge in [-0.2, -0.15) is 0 Å². The minimum absolute atomic E-state index is 0. The van der Waals surface area contributed by atoms with Gasteiger partial charge in [-0.3, -0.25) is 4.98 Å². The molecular weight excluding hydrogens is 256 g/mol. The first kappa shape index (κ1) is 14.8. The van der Waals surface area contributed by atoms with Crippen LogP contribution >= 0.6 is 12.4 Å². The largest absolute Gasteiger partial charge is 0.316 e. The molecule has 0 spiro atoms. The van der Waals surface area contributed by atoms with E-state index in [1.807, 2.05) is 18.5 Å². The van der Waals surface area contributed by atoms with Gasteiger partial charge in [0.2, 0.25) is 0 Å². The van der Waals surface area contributed by atoms with Crippen molar-refractivity contribution < 1.29 is 0 Å². The summed E-state index contributed by atoms with van der Waals surface area (Å²) in [5.74, 6) is 3.02. The molecular formula is C16H25ClN2. The van der Waals surface area contributed by atoms with Gasteiger partial charge < -0.3 is 5.32 Å². The molecule has 1 saturated heterocycles. The molecule has 1 aromatic rings. The molecule has 3 heteroatoms. The minimum atomic E-state index is 0. The fourth-order valence-corrected chi connectivity index (χ4v) is 2.88. The zero-order valence-electron chi connectivity index (χ0n) is 11.6. The molecule has 0 radical (unpaired) electrons. The van der Waals surface area contributed by atoms with Crippen molar-refractivity contribution in [2.24, 2.45) is 11.8 Å². The van der Waals surface area contributed by atoms with Crippen molar-refractivity contribution in [1.29, 1.82) is 0 Å². The quantitative estimate of drug-likeness (QED) is 0.892. The van der Waals surface area contributed by atoms with Crippen molar-refractivity contribution in [2.45, 2.75) is 44.4 Å². The van der Waals surface area contributed by atoms with Crippen LogP contribution in [0.4, 0.5) is 0 Å². The summed E-state index contributed by atoms with van der Waals surface area (Å²) in [5, 5.41) is 3.46. The molecule has 2 nitrogen and oxygen atoms in total. The van der Waals surface area contributed by atoms with Crippen LogP contribution < -0.4 is 5.32 Å². The predicted molar refractivity (Wildman–Crippen MR) is 81.8 cm³/mol. The van der Waals surface area contributed by atoms with Crippen molar-refractivity contribution in [1.82, 2.24) is 10.3 Å². The van der Waals surface area contributed by atoms with Crippen LogP contribution in [0.5, 0.6) is 0 Å². The second-order valence-corrected chi connectivity index (χ2v) is 6.00. The zero-order chi connectivity index (χ0) is 12.2. The Bertz CT molecular complexity index is 354. The zero-order valence-corrected chi connectivity index (χ0v) is 12.4. The molecule has 19 heavy (non-hydrogen) atoms. The highest BCUT2D eigenvalue weighted by molar-refractivity contribution is 5.85. The lowest BCUT2D eigenvalue weighted by Gasteiger charge is -2.21. The molecule has 2 saturated carbocycles. The standard InChI is InChI=1S/C8H15N.C8H9N.ClH/c2*1-2-8(6-9-5-1)7-3-4-7;/h7-9H,1-6H2;1-2,5-7H,3-4H2;1H. The number of piperidine rings is 1. The third-order valence-corrected chi connectivity index (χ3v) is 4.36. The summed E-state index contributed by atoms with van der Waals surface area (Å²) in [4.78, 5) is 4.05. The van der Waals surface area contributed by atoms with E-state index in [1.165, 1.54) is 57.2 Å². The molecule has 1 N–H and O–H groups in total. The van der Waals surface area contributed by atoms with E-state index in [0.717, 1.165) is 17.8 Å². The Kier molecular flexibility index (Phi) is 5.65. The predicted octanol–water partition coefficient (Wildman–Crippen LogP) is 3.78. The maximum absolute atomic E-state index is 4.05. The van der Waals surface area contributed by atoms with E-state index >= 15 is 0 Å². The summed E-state index contributed by atoms with van der Waals surface area (Å²) < 4.78 is 0. The van der Waals surface area contributed by atoms with Crippen molar-refractivity contribution in [3.63, 3.8) is 0 Å². The molecule has 0 bridgehead atoms. The molecule has 106 valence electrons. The molecule has 4 rings (SSSR count). The Morgan fingerprint density at radius 2 is 1.89 bits per heavy atom. The second kappa shape index (κ2) is 7.25. The minimum Gasteiger partial charge on any atom is -0.316 e. The molecule has 0 amide bonds. The van der Waals surface area contributed by atoms with Gasteiger partial charge >= 0.3 is 0 Å². The molecule has 3 aliphatic rings. The average molecular weight is 281 g/mol. The first-order chi connectivity index (χ1) is 8.93. The number of pyridine rings is 1. The van der Waals surface area contributed by atoms with Crippen LogP contribution in [0, 0.1) is 11.8 Å². The smallest absolute Gasteiger partial charge is 0.0302 e. The number of hydrogen-bond donors (Lipinski definition) is 1. The fourth-order valence-electron chi connectivity index (χ4n) is 2.88. The second-order valence-electron chi connectivity index (χ2n) is 6.00. The van der Waals surface area contributed by atoms with Crippen LogP contribution in [-0.4, -0.2) is 18.1 Å². The normalized spacial score (nSPS) is 25.8. The summed E-state index contributed by atoms with van der Waals surface area (Å²) in [5.41, 5.74) is 1.41. The van der Waals surface area contributed by atoms with Gasteiger partial charge in [0.05, 0.1) is 0 Å². The van der Waals surface area contributed by atoms with Crippen LogP contribution in [0.3, 0.4) is 0 Å². The molecule has 1 aliphatic heterocycles. The summed E-state index contributed by atoms with van der Waals surface area (Å²) >= 11 is 0. The van der Waals surface area contributed by atoms with E-state index in [2.05, 4.69) is 16.4 Å². The van der Waals surface area contributed by atoms with E-state index in [9.17, 15) is 0 Å². The highest BCUT2D eigenvalue weighted by atomic mass is 35.5. The van der Waals surface area contributed by atoms with Crippen LogP contribution in [0.1, 0.15) is 50.0 Å². The third kappa shape index (κ3) is 4.77. The van der Waals surface area contributed by atoms with Crippen molar-refractivity contribution in [3.8, 4) is 0 Å². The van der Waals surface area contributed by atoms with Crippen molar-refractivity contribution in [3.05, 3.63) is 30.1 Å². The lowest BCUT2D eigenvalue weighted by Crippen LogP contribution is -2.30. The van der Waals surface area contributed by atoms with Crippen LogP contribution in [-0.2, 0) is 0 Å². The van der Waals surface area contributed by atoms with E-state index in [4.69, 9.17) is 0 Å². The summed E-state index contributed by atoms with van der Waals surface area (Å²) in [7, 11) is 0. The number of rotatable bonds is 2. The number of aromatic nitrogens is 1. The van der Waals surface area contributed by atoms with E-state index < -0.39 is 0 Å². The highest BCUT2D eigenvalue weighted by Crippen LogP contribution is 2.39. The molecule has 2 aliphatic carbocycles. The molecule has 1 aromatic heterocycles. The Morgan fingerprint density at radius 3 is 2.42 bits per heavy atom. The maximum atomic E-state index is 4.05. The third-order valence-electron chi connectivity index (χ3n) is 4.36. The SMILES string of the molecule is C1CNCC(C2CC2)C1.Cl.c1cncc(C2CC2)c1. The number of nitrogens with zero attached hydrogens (tertiary/aromatic N) is 1. The molecule has 0 aromatic carbocycles. The van der Waals surface area contributed by atoms with Gasteiger partial charge in [0.15, 0.2) is 0 Å². The Balaban J connectivity index is 0.000000133. The molecule has 3 fully saturated rings. The van der Waals surface area contributed by atoms with E-state index in [0.29, 0.717) is 0 Å². The van der Waals surface area contributed by atoms with Gasteiger partial charge in [-0.15, -0.1) is 12.4 Å². The fraction of sp³-hybridized carbons (Fsp3) is 0.688. The molecule has 2 heterocycles. The van der Waals surface area contributed by atoms with Gasteiger partial charge in [-0.1, -0.05) is 6.07 Å². The lowest BCUT2D eigenvalue weighted by molar-refractivity contribution is 0.341. The van der Waals surface area contributed by atoms with Crippen molar-refractivity contribution >= 4 is 12.4 Å². The monoisotopic (exact) mass is 280 g/mol. The highest BCUT2D eigenvalue weighted by Gasteiger charge is 2.31. The number of hydrogen-bond acceptors (Lipinski definition) is 2. The van der Waals surface area contributed by atoms with E-state index in [-0.39, 0.29) is 12.4 Å². The van der Waals surface area contributed by atoms with Gasteiger partial charge in [0, 0.05) is 12.4 Å². The number of halogens is 1. The Hall–Kier alpha value is -0.600. The van der Waals surface area contributed by atoms with E-state index in [1.54, 1.807) is 0 Å². The summed E-state index contributed by atoms with van der Waals surface area (Å²) in [6.45, 7) is 2.58. The maximum Gasteiger partial charge on any atom is 0.0302 e. The van der Waals surface area contributed by atoms with Crippen LogP contribution in [0.15, 0.2) is 24.5 Å². The first-order valence-corrected chi connectivity index (χ1v) is 7.54.